The number of hydrogen-bond donors (Lipinski definition) is 2. The van der Waals surface area contributed by atoms with Crippen molar-refractivity contribution in [2.75, 3.05) is 11.9 Å². The zero-order chi connectivity index (χ0) is 11.5. The van der Waals surface area contributed by atoms with Crippen molar-refractivity contribution in [3.05, 3.63) is 30.0 Å². The first-order valence-electron chi connectivity index (χ1n) is 5.23. The molecule has 2 rings (SSSR count). The standard InChI is InChI=1S/C12H14N2O2/c1-3-16-12(15)14-11-6-4-5-10-9(11)7-8(2)13-10/h4-7,13H,3H2,1-2H3,(H,14,15). The van der Waals surface area contributed by atoms with E-state index < -0.39 is 6.09 Å². The summed E-state index contributed by atoms with van der Waals surface area (Å²) in [7, 11) is 0. The van der Waals surface area contributed by atoms with Crippen LogP contribution in [0.2, 0.25) is 0 Å². The first kappa shape index (κ1) is 10.5. The number of fused-ring (bicyclic) bond motifs is 1. The topological polar surface area (TPSA) is 54.1 Å². The maximum Gasteiger partial charge on any atom is 0.411 e. The predicted molar refractivity (Wildman–Crippen MR) is 63.7 cm³/mol. The van der Waals surface area contributed by atoms with Gasteiger partial charge in [0.25, 0.3) is 0 Å². The van der Waals surface area contributed by atoms with E-state index in [-0.39, 0.29) is 0 Å². The minimum atomic E-state index is -0.422. The van der Waals surface area contributed by atoms with Gasteiger partial charge in [-0.25, -0.2) is 4.79 Å². The minimum Gasteiger partial charge on any atom is -0.450 e. The molecule has 16 heavy (non-hydrogen) atoms. The van der Waals surface area contributed by atoms with Gasteiger partial charge in [-0.1, -0.05) is 6.07 Å². The van der Waals surface area contributed by atoms with E-state index in [1.165, 1.54) is 0 Å². The number of H-pyrrole nitrogens is 1. The maximum absolute atomic E-state index is 11.3. The molecule has 0 spiro atoms. The zero-order valence-electron chi connectivity index (χ0n) is 9.33. The van der Waals surface area contributed by atoms with Crippen LogP contribution in [0.5, 0.6) is 0 Å². The van der Waals surface area contributed by atoms with Crippen LogP contribution in [0.15, 0.2) is 24.3 Å². The summed E-state index contributed by atoms with van der Waals surface area (Å²) in [4.78, 5) is 14.5. The SMILES string of the molecule is CCOC(=O)Nc1cccc2[nH]c(C)cc12. The molecule has 0 aliphatic carbocycles. The molecule has 0 unspecified atom stereocenters. The Bertz CT molecular complexity index is 517. The third kappa shape index (κ3) is 2.00. The van der Waals surface area contributed by atoms with Gasteiger partial charge >= 0.3 is 6.09 Å². The average Bonchev–Trinajstić information content (AvgIpc) is 2.60. The van der Waals surface area contributed by atoms with Crippen LogP contribution >= 0.6 is 0 Å². The lowest BCUT2D eigenvalue weighted by atomic mass is 10.2. The van der Waals surface area contributed by atoms with Crippen molar-refractivity contribution in [3.63, 3.8) is 0 Å². The Morgan fingerprint density at radius 2 is 2.31 bits per heavy atom. The molecule has 1 amide bonds. The Morgan fingerprint density at radius 3 is 3.06 bits per heavy atom. The van der Waals surface area contributed by atoms with Gasteiger partial charge in [-0.2, -0.15) is 0 Å². The number of ether oxygens (including phenoxy) is 1. The molecule has 0 radical (unpaired) electrons. The third-order valence-electron chi connectivity index (χ3n) is 2.31. The number of hydrogen-bond acceptors (Lipinski definition) is 2. The highest BCUT2D eigenvalue weighted by molar-refractivity contribution is 5.99. The number of carbonyl (C=O) groups excluding carboxylic acids is 1. The van der Waals surface area contributed by atoms with Crippen molar-refractivity contribution < 1.29 is 9.53 Å². The van der Waals surface area contributed by atoms with Crippen LogP contribution in [0.4, 0.5) is 10.5 Å². The fourth-order valence-corrected chi connectivity index (χ4v) is 1.68. The van der Waals surface area contributed by atoms with Crippen molar-refractivity contribution in [1.82, 2.24) is 4.98 Å². The van der Waals surface area contributed by atoms with Gasteiger partial charge in [0.1, 0.15) is 0 Å². The molecule has 0 aliphatic heterocycles. The number of rotatable bonds is 2. The Hall–Kier alpha value is -1.97. The van der Waals surface area contributed by atoms with Gasteiger partial charge in [0.2, 0.25) is 0 Å². The number of aryl methyl sites for hydroxylation is 1. The van der Waals surface area contributed by atoms with Gasteiger partial charge in [-0.3, -0.25) is 5.32 Å². The predicted octanol–water partition coefficient (Wildman–Crippen LogP) is 3.04. The van der Waals surface area contributed by atoms with Gasteiger partial charge in [0.15, 0.2) is 0 Å². The lowest BCUT2D eigenvalue weighted by molar-refractivity contribution is 0.168. The van der Waals surface area contributed by atoms with E-state index >= 15 is 0 Å². The molecule has 2 N–H and O–H groups in total. The Morgan fingerprint density at radius 1 is 1.50 bits per heavy atom. The summed E-state index contributed by atoms with van der Waals surface area (Å²) in [5, 5.41) is 3.71. The van der Waals surface area contributed by atoms with Gasteiger partial charge in [-0.15, -0.1) is 0 Å². The summed E-state index contributed by atoms with van der Waals surface area (Å²) in [5.41, 5.74) is 2.83. The molecule has 0 fully saturated rings. The highest BCUT2D eigenvalue weighted by Crippen LogP contribution is 2.23. The Kier molecular flexibility index (Phi) is 2.81. The molecular weight excluding hydrogens is 204 g/mol. The van der Waals surface area contributed by atoms with Gasteiger partial charge in [0, 0.05) is 16.6 Å². The maximum atomic E-state index is 11.3. The average molecular weight is 218 g/mol. The second-order valence-electron chi connectivity index (χ2n) is 3.56. The molecule has 1 heterocycles. The number of benzene rings is 1. The van der Waals surface area contributed by atoms with Crippen LogP contribution in [0.1, 0.15) is 12.6 Å². The fourth-order valence-electron chi connectivity index (χ4n) is 1.68. The number of aromatic nitrogens is 1. The molecule has 0 aliphatic rings. The van der Waals surface area contributed by atoms with E-state index in [0.717, 1.165) is 22.3 Å². The van der Waals surface area contributed by atoms with Crippen molar-refractivity contribution in [1.29, 1.82) is 0 Å². The molecule has 0 saturated heterocycles. The highest BCUT2D eigenvalue weighted by Gasteiger charge is 2.07. The summed E-state index contributed by atoms with van der Waals surface area (Å²) >= 11 is 0. The van der Waals surface area contributed by atoms with Crippen LogP contribution in [0, 0.1) is 6.92 Å². The molecule has 2 aromatic rings. The Balaban J connectivity index is 2.33. The van der Waals surface area contributed by atoms with Crippen molar-refractivity contribution in [2.24, 2.45) is 0 Å². The van der Waals surface area contributed by atoms with Crippen LogP contribution in [-0.4, -0.2) is 17.7 Å². The molecule has 4 nitrogen and oxygen atoms in total. The van der Waals surface area contributed by atoms with Crippen LogP contribution in [-0.2, 0) is 4.74 Å². The van der Waals surface area contributed by atoms with Gasteiger partial charge in [-0.05, 0) is 32.0 Å². The van der Waals surface area contributed by atoms with E-state index in [2.05, 4.69) is 10.3 Å². The van der Waals surface area contributed by atoms with Crippen LogP contribution in [0.25, 0.3) is 10.9 Å². The molecular formula is C12H14N2O2. The monoisotopic (exact) mass is 218 g/mol. The minimum absolute atomic E-state index is 0.369. The highest BCUT2D eigenvalue weighted by atomic mass is 16.5. The summed E-state index contributed by atoms with van der Waals surface area (Å²) in [6.45, 7) is 4.13. The smallest absolute Gasteiger partial charge is 0.411 e. The Labute approximate surface area is 93.6 Å². The van der Waals surface area contributed by atoms with E-state index in [0.29, 0.717) is 6.61 Å². The third-order valence-corrected chi connectivity index (χ3v) is 2.31. The summed E-state index contributed by atoms with van der Waals surface area (Å²) < 4.78 is 4.84. The number of carbonyl (C=O) groups is 1. The molecule has 4 heteroatoms. The molecule has 1 aromatic heterocycles. The number of amides is 1. The van der Waals surface area contributed by atoms with Gasteiger partial charge in [0.05, 0.1) is 12.3 Å². The zero-order valence-corrected chi connectivity index (χ0v) is 9.33. The van der Waals surface area contributed by atoms with E-state index in [9.17, 15) is 4.79 Å². The molecule has 0 atom stereocenters. The van der Waals surface area contributed by atoms with Crippen molar-refractivity contribution in [2.45, 2.75) is 13.8 Å². The number of anilines is 1. The van der Waals surface area contributed by atoms with Crippen LogP contribution < -0.4 is 5.32 Å². The summed E-state index contributed by atoms with van der Waals surface area (Å²) in [6, 6.07) is 7.71. The second kappa shape index (κ2) is 4.26. The van der Waals surface area contributed by atoms with Crippen molar-refractivity contribution in [3.8, 4) is 0 Å². The first-order valence-corrected chi connectivity index (χ1v) is 5.23. The second-order valence-corrected chi connectivity index (χ2v) is 3.56. The van der Waals surface area contributed by atoms with E-state index in [1.807, 2.05) is 31.2 Å². The largest absolute Gasteiger partial charge is 0.450 e. The summed E-state index contributed by atoms with van der Waals surface area (Å²) in [6.07, 6.45) is -0.422. The van der Waals surface area contributed by atoms with E-state index in [1.54, 1.807) is 6.92 Å². The van der Waals surface area contributed by atoms with E-state index in [4.69, 9.17) is 4.74 Å². The number of aromatic amines is 1. The lowest BCUT2D eigenvalue weighted by Gasteiger charge is -2.05. The lowest BCUT2D eigenvalue weighted by Crippen LogP contribution is -2.13. The quantitative estimate of drug-likeness (QED) is 0.814. The normalized spacial score (nSPS) is 10.4. The molecule has 1 aromatic carbocycles. The molecule has 84 valence electrons. The summed E-state index contributed by atoms with van der Waals surface area (Å²) in [5.74, 6) is 0. The fraction of sp³-hybridized carbons (Fsp3) is 0.250. The first-order chi connectivity index (χ1) is 7.70. The van der Waals surface area contributed by atoms with Crippen LogP contribution in [0.3, 0.4) is 0 Å². The van der Waals surface area contributed by atoms with Gasteiger partial charge < -0.3 is 9.72 Å². The molecule has 0 bridgehead atoms. The molecule has 0 saturated carbocycles. The van der Waals surface area contributed by atoms with Crippen molar-refractivity contribution >= 4 is 22.7 Å². The number of nitrogens with one attached hydrogen (secondary N) is 2.